The lowest BCUT2D eigenvalue weighted by atomic mass is 10.1. The molecule has 1 atom stereocenters. The Labute approximate surface area is 165 Å². The number of aryl methyl sites for hydroxylation is 1. The molecule has 3 heterocycles. The van der Waals surface area contributed by atoms with Gasteiger partial charge in [-0.25, -0.2) is 0 Å². The molecule has 0 saturated carbocycles. The van der Waals surface area contributed by atoms with Crippen molar-refractivity contribution < 1.29 is 14.3 Å². The molecule has 1 amide bonds. The number of nitrogens with zero attached hydrogens (tertiary/aromatic N) is 3. The fourth-order valence-corrected chi connectivity index (χ4v) is 3.91. The third-order valence-electron chi connectivity index (χ3n) is 5.72. The van der Waals surface area contributed by atoms with E-state index in [1.807, 2.05) is 36.1 Å². The summed E-state index contributed by atoms with van der Waals surface area (Å²) in [4.78, 5) is 15.0. The summed E-state index contributed by atoms with van der Waals surface area (Å²) in [6, 6.07) is 5.93. The number of aromatic nitrogens is 2. The van der Waals surface area contributed by atoms with Crippen LogP contribution in [-0.4, -0.2) is 46.5 Å². The van der Waals surface area contributed by atoms with Crippen LogP contribution >= 0.6 is 0 Å². The van der Waals surface area contributed by atoms with Crippen LogP contribution in [0.15, 0.2) is 24.4 Å². The Hall–Kier alpha value is -2.54. The standard InChI is InChI=1S/C21H28N4O3/c1-15-17(12-22-24(15)2)13-25-8-3-4-18(7-9-25)23-21(26)11-16-5-6-19-20(10-16)28-14-27-19/h5-6,10,12,18H,3-4,7-9,11,13-14H2,1-2H3,(H,23,26)/t18-/m1/s1. The third kappa shape index (κ3) is 4.30. The van der Waals surface area contributed by atoms with E-state index in [1.54, 1.807) is 0 Å². The topological polar surface area (TPSA) is 68.6 Å². The van der Waals surface area contributed by atoms with Crippen LogP contribution in [0.5, 0.6) is 11.5 Å². The zero-order valence-corrected chi connectivity index (χ0v) is 16.6. The first-order valence-electron chi connectivity index (χ1n) is 9.96. The number of benzene rings is 1. The molecule has 7 heteroatoms. The molecule has 4 rings (SSSR count). The summed E-state index contributed by atoms with van der Waals surface area (Å²) >= 11 is 0. The summed E-state index contributed by atoms with van der Waals surface area (Å²) in [6.07, 6.45) is 5.42. The summed E-state index contributed by atoms with van der Waals surface area (Å²) in [5, 5.41) is 7.56. The Morgan fingerprint density at radius 2 is 2.11 bits per heavy atom. The van der Waals surface area contributed by atoms with Crippen molar-refractivity contribution in [2.45, 2.75) is 45.2 Å². The normalized spacial score (nSPS) is 19.4. The molecule has 2 aromatic rings. The van der Waals surface area contributed by atoms with Crippen LogP contribution in [0.4, 0.5) is 0 Å². The van der Waals surface area contributed by atoms with Crippen LogP contribution in [0.3, 0.4) is 0 Å². The van der Waals surface area contributed by atoms with E-state index in [4.69, 9.17) is 9.47 Å². The molecule has 2 aliphatic heterocycles. The minimum Gasteiger partial charge on any atom is -0.454 e. The highest BCUT2D eigenvalue weighted by molar-refractivity contribution is 5.79. The van der Waals surface area contributed by atoms with Gasteiger partial charge < -0.3 is 14.8 Å². The van der Waals surface area contributed by atoms with Crippen LogP contribution in [-0.2, 0) is 24.8 Å². The zero-order chi connectivity index (χ0) is 19.5. The van der Waals surface area contributed by atoms with Crippen molar-refractivity contribution in [2.24, 2.45) is 7.05 Å². The first-order valence-corrected chi connectivity index (χ1v) is 9.96. The van der Waals surface area contributed by atoms with E-state index in [0.717, 1.165) is 56.0 Å². The maximum Gasteiger partial charge on any atom is 0.231 e. The molecule has 7 nitrogen and oxygen atoms in total. The summed E-state index contributed by atoms with van der Waals surface area (Å²) in [7, 11) is 1.98. The lowest BCUT2D eigenvalue weighted by Gasteiger charge is -2.20. The van der Waals surface area contributed by atoms with Gasteiger partial charge in [0.05, 0.1) is 12.6 Å². The Morgan fingerprint density at radius 1 is 1.25 bits per heavy atom. The number of rotatable bonds is 5. The van der Waals surface area contributed by atoms with E-state index < -0.39 is 0 Å². The quantitative estimate of drug-likeness (QED) is 0.856. The number of hydrogen-bond acceptors (Lipinski definition) is 5. The molecule has 2 aliphatic rings. The molecule has 0 radical (unpaired) electrons. The van der Waals surface area contributed by atoms with Crippen molar-refractivity contribution >= 4 is 5.91 Å². The first kappa shape index (κ1) is 18.8. The SMILES string of the molecule is Cc1c(CN2CCC[C@@H](NC(=O)Cc3ccc4c(c3)OCO4)CC2)cnn1C. The lowest BCUT2D eigenvalue weighted by molar-refractivity contribution is -0.121. The van der Waals surface area contributed by atoms with Gasteiger partial charge in [0.1, 0.15) is 0 Å². The molecule has 1 aromatic heterocycles. The predicted molar refractivity (Wildman–Crippen MR) is 105 cm³/mol. The molecule has 1 saturated heterocycles. The highest BCUT2D eigenvalue weighted by Gasteiger charge is 2.20. The second-order valence-corrected chi connectivity index (χ2v) is 7.71. The average molecular weight is 384 g/mol. The molecule has 0 spiro atoms. The van der Waals surface area contributed by atoms with Crippen LogP contribution in [0.2, 0.25) is 0 Å². The van der Waals surface area contributed by atoms with Crippen LogP contribution in [0.25, 0.3) is 0 Å². The summed E-state index contributed by atoms with van der Waals surface area (Å²) in [6.45, 7) is 5.34. The number of likely N-dealkylation sites (tertiary alicyclic amines) is 1. The van der Waals surface area contributed by atoms with Gasteiger partial charge in [-0.05, 0) is 50.4 Å². The van der Waals surface area contributed by atoms with Crippen molar-refractivity contribution in [1.29, 1.82) is 0 Å². The third-order valence-corrected chi connectivity index (χ3v) is 5.72. The molecule has 0 aliphatic carbocycles. The smallest absolute Gasteiger partial charge is 0.231 e. The minimum absolute atomic E-state index is 0.0698. The second kappa shape index (κ2) is 8.22. The van der Waals surface area contributed by atoms with Crippen molar-refractivity contribution in [1.82, 2.24) is 20.0 Å². The first-order chi connectivity index (χ1) is 13.6. The predicted octanol–water partition coefficient (Wildman–Crippen LogP) is 2.17. The molecule has 0 bridgehead atoms. The summed E-state index contributed by atoms with van der Waals surface area (Å²) < 4.78 is 12.6. The van der Waals surface area contributed by atoms with Crippen molar-refractivity contribution in [2.75, 3.05) is 19.9 Å². The Bertz CT molecular complexity index is 848. The van der Waals surface area contributed by atoms with Crippen LogP contribution in [0.1, 0.15) is 36.1 Å². The van der Waals surface area contributed by atoms with Crippen molar-refractivity contribution in [3.8, 4) is 11.5 Å². The second-order valence-electron chi connectivity index (χ2n) is 7.71. The van der Waals surface area contributed by atoms with Gasteiger partial charge >= 0.3 is 0 Å². The monoisotopic (exact) mass is 384 g/mol. The van der Waals surface area contributed by atoms with E-state index in [-0.39, 0.29) is 18.7 Å². The van der Waals surface area contributed by atoms with E-state index >= 15 is 0 Å². The van der Waals surface area contributed by atoms with Gasteiger partial charge in [0.25, 0.3) is 0 Å². The van der Waals surface area contributed by atoms with Crippen LogP contribution < -0.4 is 14.8 Å². The molecule has 1 aromatic carbocycles. The minimum atomic E-state index is 0.0698. The molecular formula is C21H28N4O3. The highest BCUT2D eigenvalue weighted by Crippen LogP contribution is 2.32. The number of hydrogen-bond donors (Lipinski definition) is 1. The van der Waals surface area contributed by atoms with Crippen LogP contribution in [0, 0.1) is 6.92 Å². The van der Waals surface area contributed by atoms with E-state index in [2.05, 4.69) is 22.2 Å². The van der Waals surface area contributed by atoms with Crippen molar-refractivity contribution in [3.63, 3.8) is 0 Å². The Kier molecular flexibility index (Phi) is 5.52. The van der Waals surface area contributed by atoms with Gasteiger partial charge in [-0.15, -0.1) is 0 Å². The van der Waals surface area contributed by atoms with Gasteiger partial charge in [-0.3, -0.25) is 14.4 Å². The number of carbonyl (C=O) groups excluding carboxylic acids is 1. The number of ether oxygens (including phenoxy) is 2. The highest BCUT2D eigenvalue weighted by atomic mass is 16.7. The summed E-state index contributed by atoms with van der Waals surface area (Å²) in [5.74, 6) is 1.54. The maximum atomic E-state index is 12.5. The molecule has 150 valence electrons. The Morgan fingerprint density at radius 3 is 2.93 bits per heavy atom. The fourth-order valence-electron chi connectivity index (χ4n) is 3.91. The molecule has 1 fully saturated rings. The van der Waals surface area contributed by atoms with Gasteiger partial charge in [0, 0.05) is 37.4 Å². The fraction of sp³-hybridized carbons (Fsp3) is 0.524. The Balaban J connectivity index is 1.27. The largest absolute Gasteiger partial charge is 0.454 e. The van der Waals surface area contributed by atoms with Gasteiger partial charge in [0.15, 0.2) is 11.5 Å². The number of amides is 1. The number of nitrogens with one attached hydrogen (secondary N) is 1. The molecule has 1 N–H and O–H groups in total. The number of fused-ring (bicyclic) bond motifs is 1. The zero-order valence-electron chi connectivity index (χ0n) is 16.6. The summed E-state index contributed by atoms with van der Waals surface area (Å²) in [5.41, 5.74) is 3.45. The maximum absolute atomic E-state index is 12.5. The molecular weight excluding hydrogens is 356 g/mol. The number of carbonyl (C=O) groups is 1. The molecule has 0 unspecified atom stereocenters. The van der Waals surface area contributed by atoms with Gasteiger partial charge in [0.2, 0.25) is 12.7 Å². The van der Waals surface area contributed by atoms with Gasteiger partial charge in [-0.2, -0.15) is 5.10 Å². The van der Waals surface area contributed by atoms with E-state index in [0.29, 0.717) is 6.42 Å². The van der Waals surface area contributed by atoms with E-state index in [9.17, 15) is 4.79 Å². The average Bonchev–Trinajstić information content (AvgIpc) is 3.19. The lowest BCUT2D eigenvalue weighted by Crippen LogP contribution is -2.36. The van der Waals surface area contributed by atoms with Gasteiger partial charge in [-0.1, -0.05) is 6.07 Å². The van der Waals surface area contributed by atoms with E-state index in [1.165, 1.54) is 11.3 Å². The molecule has 28 heavy (non-hydrogen) atoms. The van der Waals surface area contributed by atoms with Crippen molar-refractivity contribution in [3.05, 3.63) is 41.2 Å².